The van der Waals surface area contributed by atoms with Crippen molar-refractivity contribution in [3.8, 4) is 0 Å². The Hall–Kier alpha value is -1.68. The molecule has 0 aliphatic rings. The first-order valence-electron chi connectivity index (χ1n) is 7.87. The van der Waals surface area contributed by atoms with E-state index in [1.165, 1.54) is 5.56 Å². The van der Waals surface area contributed by atoms with Crippen LogP contribution < -0.4 is 5.32 Å². The predicted molar refractivity (Wildman–Crippen MR) is 86.3 cm³/mol. The van der Waals surface area contributed by atoms with Gasteiger partial charge >= 0.3 is 0 Å². The Morgan fingerprint density at radius 1 is 1.19 bits per heavy atom. The third-order valence-corrected chi connectivity index (χ3v) is 4.02. The summed E-state index contributed by atoms with van der Waals surface area (Å²) in [6.07, 6.45) is 4.80. The highest BCUT2D eigenvalue weighted by Crippen LogP contribution is 2.25. The van der Waals surface area contributed by atoms with E-state index in [1.54, 1.807) is 6.33 Å². The van der Waals surface area contributed by atoms with Gasteiger partial charge in [-0.15, -0.1) is 0 Å². The van der Waals surface area contributed by atoms with Gasteiger partial charge in [-0.05, 0) is 30.9 Å². The average molecular weight is 286 g/mol. The summed E-state index contributed by atoms with van der Waals surface area (Å²) in [5.41, 5.74) is 1.40. The van der Waals surface area contributed by atoms with Crippen molar-refractivity contribution >= 4 is 0 Å². The van der Waals surface area contributed by atoms with Crippen molar-refractivity contribution in [2.24, 2.45) is 7.05 Å². The number of benzene rings is 1. The number of aromatic nitrogens is 3. The molecule has 0 amide bonds. The largest absolute Gasteiger partial charge is 0.313 e. The van der Waals surface area contributed by atoms with Gasteiger partial charge in [0, 0.05) is 19.5 Å². The van der Waals surface area contributed by atoms with Crippen LogP contribution in [0.15, 0.2) is 36.7 Å². The van der Waals surface area contributed by atoms with Crippen LogP contribution >= 0.6 is 0 Å². The molecule has 1 heterocycles. The molecule has 0 spiro atoms. The lowest BCUT2D eigenvalue weighted by Crippen LogP contribution is -2.38. The van der Waals surface area contributed by atoms with Crippen LogP contribution in [0.1, 0.15) is 44.0 Å². The predicted octanol–water partition coefficient (Wildman–Crippen LogP) is 2.92. The monoisotopic (exact) mass is 286 g/mol. The van der Waals surface area contributed by atoms with Crippen molar-refractivity contribution in [2.75, 3.05) is 6.54 Å². The minimum Gasteiger partial charge on any atom is -0.313 e. The highest BCUT2D eigenvalue weighted by atomic mass is 15.3. The molecule has 2 unspecified atom stereocenters. The van der Waals surface area contributed by atoms with E-state index in [1.807, 2.05) is 11.7 Å². The van der Waals surface area contributed by atoms with E-state index in [0.29, 0.717) is 12.0 Å². The van der Waals surface area contributed by atoms with Gasteiger partial charge in [-0.1, -0.05) is 44.2 Å². The maximum Gasteiger partial charge on any atom is 0.138 e. The van der Waals surface area contributed by atoms with Crippen LogP contribution in [-0.4, -0.2) is 27.4 Å². The topological polar surface area (TPSA) is 42.7 Å². The summed E-state index contributed by atoms with van der Waals surface area (Å²) >= 11 is 0. The minimum atomic E-state index is 0.389. The highest BCUT2D eigenvalue weighted by molar-refractivity contribution is 5.21. The second-order valence-electron chi connectivity index (χ2n) is 5.49. The van der Waals surface area contributed by atoms with E-state index in [-0.39, 0.29) is 0 Å². The molecule has 0 saturated carbocycles. The Kier molecular flexibility index (Phi) is 5.93. The number of nitrogens with zero attached hydrogens (tertiary/aromatic N) is 3. The number of nitrogens with one attached hydrogen (secondary N) is 1. The van der Waals surface area contributed by atoms with E-state index in [2.05, 4.69) is 59.6 Å². The van der Waals surface area contributed by atoms with Crippen molar-refractivity contribution in [3.05, 3.63) is 48.0 Å². The van der Waals surface area contributed by atoms with Gasteiger partial charge in [0.15, 0.2) is 0 Å². The zero-order valence-corrected chi connectivity index (χ0v) is 13.3. The summed E-state index contributed by atoms with van der Waals surface area (Å²) < 4.78 is 1.87. The first kappa shape index (κ1) is 15.7. The van der Waals surface area contributed by atoms with Gasteiger partial charge in [-0.3, -0.25) is 4.68 Å². The third kappa shape index (κ3) is 4.14. The second kappa shape index (κ2) is 7.93. The van der Waals surface area contributed by atoms with Gasteiger partial charge in [0.2, 0.25) is 0 Å². The van der Waals surface area contributed by atoms with Crippen molar-refractivity contribution in [2.45, 2.75) is 45.1 Å². The molecule has 114 valence electrons. The van der Waals surface area contributed by atoms with E-state index in [4.69, 9.17) is 0 Å². The zero-order chi connectivity index (χ0) is 15.1. The van der Waals surface area contributed by atoms with Crippen LogP contribution in [0.2, 0.25) is 0 Å². The summed E-state index contributed by atoms with van der Waals surface area (Å²) in [5, 5.41) is 7.89. The van der Waals surface area contributed by atoms with Gasteiger partial charge in [0.25, 0.3) is 0 Å². The zero-order valence-electron chi connectivity index (χ0n) is 13.3. The molecule has 0 aliphatic carbocycles. The van der Waals surface area contributed by atoms with Gasteiger partial charge < -0.3 is 5.32 Å². The molecule has 0 aliphatic heterocycles. The molecular weight excluding hydrogens is 260 g/mol. The average Bonchev–Trinajstić information content (AvgIpc) is 2.91. The first-order chi connectivity index (χ1) is 10.3. The molecule has 2 aromatic rings. The smallest absolute Gasteiger partial charge is 0.138 e. The van der Waals surface area contributed by atoms with Crippen LogP contribution in [0.5, 0.6) is 0 Å². The Morgan fingerprint density at radius 2 is 1.95 bits per heavy atom. The lowest BCUT2D eigenvalue weighted by Gasteiger charge is -2.27. The Balaban J connectivity index is 2.19. The van der Waals surface area contributed by atoms with Crippen molar-refractivity contribution < 1.29 is 0 Å². The molecule has 2 rings (SSSR count). The maximum absolute atomic E-state index is 4.39. The van der Waals surface area contributed by atoms with E-state index < -0.39 is 0 Å². The van der Waals surface area contributed by atoms with Gasteiger partial charge in [-0.25, -0.2) is 4.98 Å². The number of rotatable bonds is 8. The molecule has 1 aromatic carbocycles. The van der Waals surface area contributed by atoms with Gasteiger partial charge in [0.05, 0.1) is 0 Å². The fourth-order valence-corrected chi connectivity index (χ4v) is 2.84. The summed E-state index contributed by atoms with van der Waals surface area (Å²) in [6, 6.07) is 11.2. The van der Waals surface area contributed by atoms with Crippen LogP contribution in [-0.2, 0) is 13.5 Å². The lowest BCUT2D eigenvalue weighted by atomic mass is 9.87. The molecule has 0 radical (unpaired) electrons. The summed E-state index contributed by atoms with van der Waals surface area (Å²) in [7, 11) is 1.96. The SMILES string of the molecule is CCCNC(Cc1ncnn1C)C(CC)c1ccccc1. The van der Waals surface area contributed by atoms with Gasteiger partial charge in [-0.2, -0.15) is 5.10 Å². The number of hydrogen-bond donors (Lipinski definition) is 1. The Bertz CT molecular complexity index is 521. The highest BCUT2D eigenvalue weighted by Gasteiger charge is 2.23. The van der Waals surface area contributed by atoms with Crippen LogP contribution in [0, 0.1) is 0 Å². The summed E-state index contributed by atoms with van der Waals surface area (Å²) in [4.78, 5) is 4.39. The molecule has 0 fully saturated rings. The van der Waals surface area contributed by atoms with Crippen LogP contribution in [0.4, 0.5) is 0 Å². The fourth-order valence-electron chi connectivity index (χ4n) is 2.84. The lowest BCUT2D eigenvalue weighted by molar-refractivity contribution is 0.408. The molecule has 4 heteroatoms. The minimum absolute atomic E-state index is 0.389. The summed E-state index contributed by atoms with van der Waals surface area (Å²) in [6.45, 7) is 5.50. The van der Waals surface area contributed by atoms with Crippen molar-refractivity contribution in [1.29, 1.82) is 0 Å². The van der Waals surface area contributed by atoms with Gasteiger partial charge in [0.1, 0.15) is 12.2 Å². The summed E-state index contributed by atoms with van der Waals surface area (Å²) in [5.74, 6) is 1.53. The van der Waals surface area contributed by atoms with Crippen molar-refractivity contribution in [3.63, 3.8) is 0 Å². The number of hydrogen-bond acceptors (Lipinski definition) is 3. The molecule has 1 aromatic heterocycles. The standard InChI is InChI=1S/C17H26N4/c1-4-11-18-16(12-17-19-13-20-21(17)3)15(5-2)14-9-7-6-8-10-14/h6-10,13,15-16,18H,4-5,11-12H2,1-3H3. The van der Waals surface area contributed by atoms with E-state index >= 15 is 0 Å². The molecule has 0 saturated heterocycles. The number of aryl methyl sites for hydroxylation is 1. The van der Waals surface area contributed by atoms with Crippen LogP contribution in [0.25, 0.3) is 0 Å². The Morgan fingerprint density at radius 3 is 2.52 bits per heavy atom. The fraction of sp³-hybridized carbons (Fsp3) is 0.529. The second-order valence-corrected chi connectivity index (χ2v) is 5.49. The maximum atomic E-state index is 4.39. The third-order valence-electron chi connectivity index (χ3n) is 4.02. The van der Waals surface area contributed by atoms with Crippen molar-refractivity contribution in [1.82, 2.24) is 20.1 Å². The molecule has 2 atom stereocenters. The Labute approximate surface area is 127 Å². The first-order valence-corrected chi connectivity index (χ1v) is 7.87. The van der Waals surface area contributed by atoms with Crippen LogP contribution in [0.3, 0.4) is 0 Å². The van der Waals surface area contributed by atoms with E-state index in [9.17, 15) is 0 Å². The quantitative estimate of drug-likeness (QED) is 0.811. The molecule has 4 nitrogen and oxygen atoms in total. The van der Waals surface area contributed by atoms with E-state index in [0.717, 1.165) is 31.6 Å². The normalized spacial score (nSPS) is 14.0. The molecule has 1 N–H and O–H groups in total. The molecule has 21 heavy (non-hydrogen) atoms. The molecule has 0 bridgehead atoms. The molecular formula is C17H26N4.